The molecule has 2 saturated carbocycles. The third kappa shape index (κ3) is 3.57. The molecule has 0 radical (unpaired) electrons. The molecule has 2 fully saturated rings. The van der Waals surface area contributed by atoms with E-state index in [1.807, 2.05) is 0 Å². The summed E-state index contributed by atoms with van der Waals surface area (Å²) in [6, 6.07) is 2.80. The molecule has 20 heavy (non-hydrogen) atoms. The molecule has 0 saturated heterocycles. The van der Waals surface area contributed by atoms with E-state index in [0.29, 0.717) is 0 Å². The van der Waals surface area contributed by atoms with Crippen molar-refractivity contribution >= 4 is 0 Å². The molecule has 0 aromatic carbocycles. The number of fused-ring (bicyclic) bond motifs is 1. The third-order valence-electron chi connectivity index (χ3n) is 6.13. The van der Waals surface area contributed by atoms with E-state index in [9.17, 15) is 5.26 Å². The Morgan fingerprint density at radius 3 is 2.35 bits per heavy atom. The molecule has 0 amide bonds. The lowest BCUT2D eigenvalue weighted by Crippen LogP contribution is -2.40. The lowest BCUT2D eigenvalue weighted by Gasteiger charge is -2.48. The predicted octanol–water partition coefficient (Wildman–Crippen LogP) is 6.09. The Hall–Kier alpha value is -0.510. The monoisotopic (exact) mass is 275 g/mol. The van der Waals surface area contributed by atoms with Gasteiger partial charge >= 0.3 is 0 Å². The number of nitrogens with zero attached hydrogens (tertiary/aromatic N) is 1. The first-order valence-corrected chi connectivity index (χ1v) is 9.15. The fraction of sp³-hybridized carbons (Fsp3) is 0.947. The van der Waals surface area contributed by atoms with Crippen molar-refractivity contribution in [3.8, 4) is 6.07 Å². The average Bonchev–Trinajstić information content (AvgIpc) is 2.50. The lowest BCUT2D eigenvalue weighted by molar-refractivity contribution is 0.0368. The summed E-state index contributed by atoms with van der Waals surface area (Å²) >= 11 is 0. The van der Waals surface area contributed by atoms with E-state index in [4.69, 9.17) is 0 Å². The van der Waals surface area contributed by atoms with Crippen LogP contribution in [0.25, 0.3) is 0 Å². The second-order valence-electron chi connectivity index (χ2n) is 7.54. The standard InChI is InChI=1S/C19H33N/c1-3-5-7-16-11-12-19(15-20)14-17(8-6-4-2)9-10-18(19)13-16/h16-18H,3-14H2,1-2H3/t16?,17-,18-,19?/m1/s1. The van der Waals surface area contributed by atoms with Gasteiger partial charge in [0.1, 0.15) is 0 Å². The minimum atomic E-state index is 0.0688. The number of nitriles is 1. The maximum Gasteiger partial charge on any atom is 0.0692 e. The summed E-state index contributed by atoms with van der Waals surface area (Å²) in [6.07, 6.45) is 16.0. The van der Waals surface area contributed by atoms with Crippen molar-refractivity contribution in [2.45, 2.75) is 90.9 Å². The van der Waals surface area contributed by atoms with Crippen LogP contribution in [0.2, 0.25) is 0 Å². The molecule has 114 valence electrons. The lowest BCUT2D eigenvalue weighted by atomic mass is 9.55. The van der Waals surface area contributed by atoms with Crippen LogP contribution in [0.5, 0.6) is 0 Å². The van der Waals surface area contributed by atoms with Gasteiger partial charge in [0.25, 0.3) is 0 Å². The van der Waals surface area contributed by atoms with Gasteiger partial charge in [-0.25, -0.2) is 0 Å². The highest BCUT2D eigenvalue weighted by molar-refractivity contribution is 5.08. The summed E-state index contributed by atoms with van der Waals surface area (Å²) in [5.41, 5.74) is 0.0688. The van der Waals surface area contributed by atoms with Crippen molar-refractivity contribution in [2.24, 2.45) is 23.2 Å². The molecule has 0 spiro atoms. The van der Waals surface area contributed by atoms with Crippen LogP contribution in [-0.4, -0.2) is 0 Å². The van der Waals surface area contributed by atoms with E-state index in [-0.39, 0.29) is 5.41 Å². The van der Waals surface area contributed by atoms with Gasteiger partial charge in [0.05, 0.1) is 11.5 Å². The average molecular weight is 275 g/mol. The minimum Gasteiger partial charge on any atom is -0.198 e. The van der Waals surface area contributed by atoms with E-state index in [1.165, 1.54) is 77.0 Å². The van der Waals surface area contributed by atoms with Crippen LogP contribution in [0.15, 0.2) is 0 Å². The maximum atomic E-state index is 9.83. The quantitative estimate of drug-likeness (QED) is 0.575. The normalized spacial score (nSPS) is 37.1. The number of hydrogen-bond donors (Lipinski definition) is 0. The van der Waals surface area contributed by atoms with Crippen LogP contribution in [-0.2, 0) is 0 Å². The molecule has 0 aliphatic heterocycles. The Balaban J connectivity index is 1.93. The van der Waals surface area contributed by atoms with Crippen molar-refractivity contribution in [3.63, 3.8) is 0 Å². The Kier molecular flexibility index (Phi) is 5.94. The van der Waals surface area contributed by atoms with Gasteiger partial charge in [0.2, 0.25) is 0 Å². The first-order valence-electron chi connectivity index (χ1n) is 9.15. The molecule has 0 aromatic rings. The van der Waals surface area contributed by atoms with E-state index >= 15 is 0 Å². The molecule has 4 atom stereocenters. The molecule has 0 heterocycles. The van der Waals surface area contributed by atoms with E-state index in [1.54, 1.807) is 0 Å². The molecule has 2 aliphatic rings. The van der Waals surface area contributed by atoms with Crippen molar-refractivity contribution < 1.29 is 0 Å². The Morgan fingerprint density at radius 1 is 1.00 bits per heavy atom. The van der Waals surface area contributed by atoms with Crippen LogP contribution in [0.3, 0.4) is 0 Å². The Bertz CT molecular complexity index is 329. The zero-order valence-electron chi connectivity index (χ0n) is 13.7. The first kappa shape index (κ1) is 15.9. The van der Waals surface area contributed by atoms with Gasteiger partial charge < -0.3 is 0 Å². The van der Waals surface area contributed by atoms with Gasteiger partial charge in [-0.1, -0.05) is 58.8 Å². The molecule has 1 nitrogen and oxygen atoms in total. The summed E-state index contributed by atoms with van der Waals surface area (Å²) in [4.78, 5) is 0. The topological polar surface area (TPSA) is 23.8 Å². The molecule has 2 rings (SSSR count). The SMILES string of the molecule is CCCCC1CCC2(C#N)C[C@H](CCCC)CC[C@@H]2C1. The van der Waals surface area contributed by atoms with Gasteiger partial charge in [-0.2, -0.15) is 5.26 Å². The first-order chi connectivity index (χ1) is 9.74. The van der Waals surface area contributed by atoms with Crippen molar-refractivity contribution in [3.05, 3.63) is 0 Å². The molecule has 0 N–H and O–H groups in total. The predicted molar refractivity (Wildman–Crippen MR) is 85.3 cm³/mol. The smallest absolute Gasteiger partial charge is 0.0692 e. The maximum absolute atomic E-state index is 9.83. The Morgan fingerprint density at radius 2 is 1.70 bits per heavy atom. The van der Waals surface area contributed by atoms with Crippen molar-refractivity contribution in [1.82, 2.24) is 0 Å². The molecule has 0 bridgehead atoms. The molecule has 2 aliphatic carbocycles. The highest BCUT2D eigenvalue weighted by Crippen LogP contribution is 2.54. The second kappa shape index (κ2) is 7.48. The van der Waals surface area contributed by atoms with Crippen molar-refractivity contribution in [1.29, 1.82) is 5.26 Å². The highest BCUT2D eigenvalue weighted by Gasteiger charge is 2.47. The van der Waals surface area contributed by atoms with Crippen LogP contribution < -0.4 is 0 Å². The largest absolute Gasteiger partial charge is 0.198 e. The molecule has 0 aromatic heterocycles. The summed E-state index contributed by atoms with van der Waals surface area (Å²) < 4.78 is 0. The zero-order chi connectivity index (χ0) is 14.4. The van der Waals surface area contributed by atoms with Gasteiger partial charge in [0, 0.05) is 0 Å². The Labute approximate surface area is 126 Å². The van der Waals surface area contributed by atoms with Gasteiger partial charge in [-0.05, 0) is 49.9 Å². The van der Waals surface area contributed by atoms with Gasteiger partial charge in [0.15, 0.2) is 0 Å². The molecule has 2 unspecified atom stereocenters. The molecular formula is C19H33N. The third-order valence-corrected chi connectivity index (χ3v) is 6.13. The molecular weight excluding hydrogens is 242 g/mol. The molecule has 1 heteroatoms. The van der Waals surface area contributed by atoms with Crippen LogP contribution in [0.1, 0.15) is 90.9 Å². The zero-order valence-corrected chi connectivity index (χ0v) is 13.7. The van der Waals surface area contributed by atoms with Crippen molar-refractivity contribution in [2.75, 3.05) is 0 Å². The van der Waals surface area contributed by atoms with E-state index in [0.717, 1.165) is 17.8 Å². The van der Waals surface area contributed by atoms with Gasteiger partial charge in [-0.15, -0.1) is 0 Å². The summed E-state index contributed by atoms with van der Waals surface area (Å²) in [7, 11) is 0. The minimum absolute atomic E-state index is 0.0688. The second-order valence-corrected chi connectivity index (χ2v) is 7.54. The summed E-state index contributed by atoms with van der Waals surface area (Å²) in [5, 5.41) is 9.83. The highest BCUT2D eigenvalue weighted by atomic mass is 14.5. The fourth-order valence-corrected chi connectivity index (χ4v) is 4.82. The summed E-state index contributed by atoms with van der Waals surface area (Å²) in [5.74, 6) is 2.49. The number of hydrogen-bond acceptors (Lipinski definition) is 1. The van der Waals surface area contributed by atoms with E-state index in [2.05, 4.69) is 19.9 Å². The van der Waals surface area contributed by atoms with E-state index < -0.39 is 0 Å². The van der Waals surface area contributed by atoms with Crippen LogP contribution >= 0.6 is 0 Å². The van der Waals surface area contributed by atoms with Crippen LogP contribution in [0, 0.1) is 34.5 Å². The summed E-state index contributed by atoms with van der Waals surface area (Å²) in [6.45, 7) is 4.58. The fourth-order valence-electron chi connectivity index (χ4n) is 4.82. The number of rotatable bonds is 6. The van der Waals surface area contributed by atoms with Crippen LogP contribution in [0.4, 0.5) is 0 Å². The number of unbranched alkanes of at least 4 members (excludes halogenated alkanes) is 2. The van der Waals surface area contributed by atoms with Gasteiger partial charge in [-0.3, -0.25) is 0 Å².